The van der Waals surface area contributed by atoms with Gasteiger partial charge in [-0.1, -0.05) is 0 Å². The molecule has 1 fully saturated rings. The minimum absolute atomic E-state index is 0.196. The molecule has 0 spiro atoms. The summed E-state index contributed by atoms with van der Waals surface area (Å²) in [6, 6.07) is 0. The summed E-state index contributed by atoms with van der Waals surface area (Å²) in [6.45, 7) is 6.06. The lowest BCUT2D eigenvalue weighted by molar-refractivity contribution is 0.0146. The molecule has 0 radical (unpaired) electrons. The van der Waals surface area contributed by atoms with E-state index in [1.165, 1.54) is 4.90 Å². The lowest BCUT2D eigenvalue weighted by atomic mass is 10.1. The predicted molar refractivity (Wildman–Crippen MR) is 66.4 cm³/mol. The fourth-order valence-corrected chi connectivity index (χ4v) is 2.17. The van der Waals surface area contributed by atoms with E-state index in [0.717, 1.165) is 6.26 Å². The quantitative estimate of drug-likeness (QED) is 0.560. The zero-order valence-electron chi connectivity index (χ0n) is 11.2. The van der Waals surface area contributed by atoms with E-state index in [1.807, 2.05) is 0 Å². The first-order valence-electron chi connectivity index (χ1n) is 5.76. The van der Waals surface area contributed by atoms with E-state index < -0.39 is 27.9 Å². The molecule has 0 aromatic carbocycles. The van der Waals surface area contributed by atoms with E-state index in [-0.39, 0.29) is 6.54 Å². The van der Waals surface area contributed by atoms with Crippen LogP contribution in [0.1, 0.15) is 27.2 Å². The summed E-state index contributed by atoms with van der Waals surface area (Å²) in [7, 11) is -3.52. The van der Waals surface area contributed by atoms with Crippen molar-refractivity contribution in [2.75, 3.05) is 19.3 Å². The third kappa shape index (κ3) is 5.59. The van der Waals surface area contributed by atoms with Crippen LogP contribution in [0.15, 0.2) is 0 Å². The highest BCUT2D eigenvalue weighted by Gasteiger charge is 2.35. The molecule has 0 aromatic rings. The van der Waals surface area contributed by atoms with Gasteiger partial charge in [0.25, 0.3) is 10.1 Å². The number of rotatable bonds is 2. The zero-order chi connectivity index (χ0) is 14.0. The summed E-state index contributed by atoms with van der Waals surface area (Å²) in [5.74, 6) is 0. The summed E-state index contributed by atoms with van der Waals surface area (Å²) in [4.78, 5) is 13.3. The molecule has 7 heteroatoms. The molecule has 1 heterocycles. The van der Waals surface area contributed by atoms with Gasteiger partial charge in [-0.3, -0.25) is 4.90 Å². The van der Waals surface area contributed by atoms with Crippen molar-refractivity contribution in [2.24, 2.45) is 0 Å². The van der Waals surface area contributed by atoms with Gasteiger partial charge >= 0.3 is 6.09 Å². The van der Waals surface area contributed by atoms with Crippen LogP contribution in [0.4, 0.5) is 4.79 Å². The number of amides is 1. The Morgan fingerprint density at radius 2 is 2.00 bits per heavy atom. The Kier molecular flexibility index (Phi) is 4.50. The second kappa shape index (κ2) is 5.36. The highest BCUT2D eigenvalue weighted by Crippen LogP contribution is 2.17. The Balaban J connectivity index is 2.56. The normalized spacial score (nSPS) is 21.3. The molecule has 0 aromatic heterocycles. The van der Waals surface area contributed by atoms with E-state index in [4.69, 9.17) is 8.92 Å². The third-order valence-corrected chi connectivity index (χ3v) is 2.78. The average Bonchev–Trinajstić information content (AvgIpc) is 2.12. The van der Waals surface area contributed by atoms with Crippen molar-refractivity contribution in [3.05, 3.63) is 6.42 Å². The molecule has 104 valence electrons. The smallest absolute Gasteiger partial charge is 0.410 e. The first-order valence-corrected chi connectivity index (χ1v) is 7.58. The Labute approximate surface area is 108 Å². The fourth-order valence-electron chi connectivity index (χ4n) is 1.59. The van der Waals surface area contributed by atoms with Gasteiger partial charge in [0.2, 0.25) is 6.10 Å². The molecule has 1 saturated heterocycles. The maximum atomic E-state index is 11.8. The van der Waals surface area contributed by atoms with Crippen LogP contribution in [0.3, 0.4) is 0 Å². The molecule has 0 aliphatic carbocycles. The number of ether oxygens (including phenoxy) is 1. The molecule has 1 aliphatic rings. The average molecular weight is 278 g/mol. The van der Waals surface area contributed by atoms with Crippen molar-refractivity contribution >= 4 is 16.2 Å². The first-order chi connectivity index (χ1) is 8.07. The second-order valence-electron chi connectivity index (χ2n) is 5.29. The Hall–Kier alpha value is -0.950. The minimum atomic E-state index is -3.52. The van der Waals surface area contributed by atoms with Gasteiger partial charge in [0.15, 0.2) is 0 Å². The van der Waals surface area contributed by atoms with Crippen LogP contribution in [0.5, 0.6) is 0 Å². The van der Waals surface area contributed by atoms with Gasteiger partial charge in [-0.05, 0) is 20.8 Å². The Morgan fingerprint density at radius 3 is 2.50 bits per heavy atom. The van der Waals surface area contributed by atoms with Crippen molar-refractivity contribution in [1.29, 1.82) is 0 Å². The van der Waals surface area contributed by atoms with E-state index >= 15 is 0 Å². The summed E-state index contributed by atoms with van der Waals surface area (Å²) in [5, 5.41) is 0. The van der Waals surface area contributed by atoms with Gasteiger partial charge in [-0.25, -0.2) is 8.98 Å². The molecule has 1 atom stereocenters. The van der Waals surface area contributed by atoms with E-state index in [0.29, 0.717) is 13.0 Å². The molecular formula is C11H20NO5S+. The Morgan fingerprint density at radius 1 is 1.39 bits per heavy atom. The Bertz CT molecular complexity index is 398. The third-order valence-electron chi connectivity index (χ3n) is 2.18. The van der Waals surface area contributed by atoms with E-state index in [1.54, 1.807) is 27.2 Å². The van der Waals surface area contributed by atoms with Crippen molar-refractivity contribution in [2.45, 2.75) is 38.9 Å². The molecule has 18 heavy (non-hydrogen) atoms. The van der Waals surface area contributed by atoms with Crippen LogP contribution in [-0.2, 0) is 19.0 Å². The van der Waals surface area contributed by atoms with E-state index in [2.05, 4.69) is 0 Å². The van der Waals surface area contributed by atoms with Crippen LogP contribution in [0.2, 0.25) is 0 Å². The number of hydrogen-bond donors (Lipinski definition) is 0. The zero-order valence-corrected chi connectivity index (χ0v) is 12.0. The first kappa shape index (κ1) is 15.1. The number of carbonyl (C=O) groups is 1. The predicted octanol–water partition coefficient (Wildman–Crippen LogP) is 1.18. The van der Waals surface area contributed by atoms with Crippen LogP contribution >= 0.6 is 0 Å². The highest BCUT2D eigenvalue weighted by molar-refractivity contribution is 7.86. The molecule has 0 N–H and O–H groups in total. The van der Waals surface area contributed by atoms with Crippen LogP contribution < -0.4 is 0 Å². The van der Waals surface area contributed by atoms with Crippen LogP contribution in [-0.4, -0.2) is 50.5 Å². The van der Waals surface area contributed by atoms with Crippen molar-refractivity contribution in [3.8, 4) is 0 Å². The summed E-state index contributed by atoms with van der Waals surface area (Å²) < 4.78 is 32.1. The molecule has 1 unspecified atom stereocenters. The standard InChI is InChI=1S/C11H20NO5S/c1-11(2,3)16-10(13)12-7-5-6-9(8-12)17-18(4,14)15/h6,9H,5,7-8H2,1-4H3/q+1. The lowest BCUT2D eigenvalue weighted by Crippen LogP contribution is -2.46. The van der Waals surface area contributed by atoms with Crippen molar-refractivity contribution in [3.63, 3.8) is 0 Å². The maximum absolute atomic E-state index is 11.8. The number of hydrogen-bond acceptors (Lipinski definition) is 5. The van der Waals surface area contributed by atoms with Crippen LogP contribution in [0.25, 0.3) is 0 Å². The van der Waals surface area contributed by atoms with Gasteiger partial charge in [0, 0.05) is 0 Å². The summed E-state index contributed by atoms with van der Waals surface area (Å²) >= 11 is 0. The number of likely N-dealkylation sites (tertiary alicyclic amines) is 1. The summed E-state index contributed by atoms with van der Waals surface area (Å²) in [6.07, 6.45) is 2.29. The molecule has 6 nitrogen and oxygen atoms in total. The van der Waals surface area contributed by atoms with Gasteiger partial charge in [0.05, 0.1) is 19.3 Å². The van der Waals surface area contributed by atoms with Crippen molar-refractivity contribution in [1.82, 2.24) is 4.90 Å². The SMILES string of the molecule is CC(C)(C)OC(=O)N1CC[CH+]C(OS(C)(=O)=O)C1. The molecule has 1 rings (SSSR count). The van der Waals surface area contributed by atoms with E-state index in [9.17, 15) is 13.2 Å². The molecule has 1 aliphatic heterocycles. The van der Waals surface area contributed by atoms with Gasteiger partial charge in [0.1, 0.15) is 18.4 Å². The monoisotopic (exact) mass is 278 g/mol. The molecule has 0 bridgehead atoms. The molecular weight excluding hydrogens is 258 g/mol. The minimum Gasteiger partial charge on any atom is -0.444 e. The number of nitrogens with zero attached hydrogens (tertiary/aromatic N) is 1. The lowest BCUT2D eigenvalue weighted by Gasteiger charge is -2.29. The topological polar surface area (TPSA) is 72.9 Å². The molecule has 1 amide bonds. The van der Waals surface area contributed by atoms with Gasteiger partial charge in [-0.2, -0.15) is 8.42 Å². The fraction of sp³-hybridized carbons (Fsp3) is 0.818. The number of carbonyl (C=O) groups excluding carboxylic acids is 1. The maximum Gasteiger partial charge on any atom is 0.410 e. The molecule has 0 saturated carbocycles. The van der Waals surface area contributed by atoms with Crippen LogP contribution in [0, 0.1) is 6.42 Å². The largest absolute Gasteiger partial charge is 0.444 e. The van der Waals surface area contributed by atoms with Crippen molar-refractivity contribution < 1.29 is 22.1 Å². The number of piperidine rings is 1. The summed E-state index contributed by atoms with van der Waals surface area (Å²) in [5.41, 5.74) is -0.564. The second-order valence-corrected chi connectivity index (χ2v) is 6.89. The highest BCUT2D eigenvalue weighted by atomic mass is 32.2. The van der Waals surface area contributed by atoms with Gasteiger partial charge < -0.3 is 4.74 Å². The van der Waals surface area contributed by atoms with Gasteiger partial charge in [-0.15, -0.1) is 0 Å².